The predicted molar refractivity (Wildman–Crippen MR) is 78.9 cm³/mol. The molecular weight excluding hydrogens is 250 g/mol. The zero-order valence-corrected chi connectivity index (χ0v) is 12.2. The Labute approximate surface area is 119 Å². The van der Waals surface area contributed by atoms with Gasteiger partial charge in [0.2, 0.25) is 0 Å². The van der Waals surface area contributed by atoms with Gasteiger partial charge in [0.05, 0.1) is 0 Å². The highest BCUT2D eigenvalue weighted by atomic mass is 16.2. The average Bonchev–Trinajstić information content (AvgIpc) is 2.89. The zero-order chi connectivity index (χ0) is 14.1. The summed E-state index contributed by atoms with van der Waals surface area (Å²) in [6, 6.07) is 4.40. The molecule has 0 aliphatic heterocycles. The third-order valence-corrected chi connectivity index (χ3v) is 4.28. The van der Waals surface area contributed by atoms with E-state index in [9.17, 15) is 4.79 Å². The van der Waals surface area contributed by atoms with Crippen LogP contribution in [0.15, 0.2) is 24.5 Å². The number of pyridine rings is 1. The summed E-state index contributed by atoms with van der Waals surface area (Å²) in [4.78, 5) is 18.9. The van der Waals surface area contributed by atoms with E-state index >= 15 is 0 Å². The molecule has 1 saturated carbocycles. The molecule has 0 atom stereocenters. The minimum absolute atomic E-state index is 0.0400. The molecule has 0 spiro atoms. The van der Waals surface area contributed by atoms with Gasteiger partial charge in [-0.2, -0.15) is 0 Å². The van der Waals surface area contributed by atoms with Crippen LogP contribution in [-0.4, -0.2) is 33.3 Å². The van der Waals surface area contributed by atoms with Crippen molar-refractivity contribution in [3.63, 3.8) is 0 Å². The zero-order valence-electron chi connectivity index (χ0n) is 12.2. The summed E-state index contributed by atoms with van der Waals surface area (Å²) in [5, 5.41) is 0. The number of hydrogen-bond donors (Lipinski definition) is 0. The molecule has 2 heterocycles. The summed E-state index contributed by atoms with van der Waals surface area (Å²) in [6.07, 6.45) is 9.78. The third-order valence-electron chi connectivity index (χ3n) is 4.28. The van der Waals surface area contributed by atoms with Crippen LogP contribution >= 0.6 is 0 Å². The van der Waals surface area contributed by atoms with Crippen LogP contribution in [0.3, 0.4) is 0 Å². The molecule has 0 N–H and O–H groups in total. The fourth-order valence-electron chi connectivity index (χ4n) is 3.00. The van der Waals surface area contributed by atoms with Crippen LogP contribution in [0.5, 0.6) is 0 Å². The minimum Gasteiger partial charge on any atom is -0.337 e. The van der Waals surface area contributed by atoms with Crippen molar-refractivity contribution in [1.29, 1.82) is 0 Å². The number of imidazole rings is 1. The molecule has 0 unspecified atom stereocenters. The van der Waals surface area contributed by atoms with Crippen LogP contribution in [0.25, 0.3) is 5.65 Å². The molecule has 0 radical (unpaired) electrons. The average molecular weight is 271 g/mol. The van der Waals surface area contributed by atoms with Crippen molar-refractivity contribution < 1.29 is 4.79 Å². The summed E-state index contributed by atoms with van der Waals surface area (Å²) >= 11 is 0. The van der Waals surface area contributed by atoms with Crippen molar-refractivity contribution in [2.45, 2.75) is 45.1 Å². The van der Waals surface area contributed by atoms with Gasteiger partial charge in [0.25, 0.3) is 5.91 Å². The Kier molecular flexibility index (Phi) is 3.47. The number of carbonyl (C=O) groups is 1. The van der Waals surface area contributed by atoms with Crippen LogP contribution in [0, 0.1) is 6.92 Å². The maximum atomic E-state index is 12.5. The predicted octanol–water partition coefficient (Wildman–Crippen LogP) is 3.05. The number of nitrogens with zero attached hydrogens (tertiary/aromatic N) is 3. The first-order valence-corrected chi connectivity index (χ1v) is 7.37. The van der Waals surface area contributed by atoms with Gasteiger partial charge in [-0.15, -0.1) is 0 Å². The van der Waals surface area contributed by atoms with Gasteiger partial charge in [0.15, 0.2) is 0 Å². The lowest BCUT2D eigenvalue weighted by Crippen LogP contribution is -2.38. The Balaban J connectivity index is 1.84. The van der Waals surface area contributed by atoms with E-state index in [1.807, 2.05) is 47.8 Å². The van der Waals surface area contributed by atoms with Crippen molar-refractivity contribution in [3.05, 3.63) is 35.8 Å². The summed E-state index contributed by atoms with van der Waals surface area (Å²) in [5.74, 6) is 0.0400. The van der Waals surface area contributed by atoms with Gasteiger partial charge in [-0.25, -0.2) is 4.98 Å². The van der Waals surface area contributed by atoms with Gasteiger partial charge in [0, 0.05) is 25.5 Å². The van der Waals surface area contributed by atoms with Crippen LogP contribution in [0.1, 0.15) is 48.2 Å². The quantitative estimate of drug-likeness (QED) is 0.842. The van der Waals surface area contributed by atoms with Crippen molar-refractivity contribution in [3.8, 4) is 0 Å². The molecular formula is C16H21N3O. The standard InChI is InChI=1S/C16H21N3O/c1-12-8-9-19-11-14(17-15(19)10-12)16(20)18(2)13-6-4-3-5-7-13/h8-11,13H,3-7H2,1-2H3. The molecule has 2 aromatic heterocycles. The normalized spacial score (nSPS) is 16.5. The Bertz CT molecular complexity index is 626. The molecule has 0 aromatic carbocycles. The fraction of sp³-hybridized carbons (Fsp3) is 0.500. The van der Waals surface area contributed by atoms with Gasteiger partial charge in [-0.1, -0.05) is 19.3 Å². The van der Waals surface area contributed by atoms with Crippen LogP contribution in [0.2, 0.25) is 0 Å². The molecule has 1 aliphatic rings. The number of rotatable bonds is 2. The monoisotopic (exact) mass is 271 g/mol. The van der Waals surface area contributed by atoms with Gasteiger partial charge in [-0.3, -0.25) is 4.79 Å². The Hall–Kier alpha value is -1.84. The van der Waals surface area contributed by atoms with E-state index in [-0.39, 0.29) is 5.91 Å². The highest BCUT2D eigenvalue weighted by Gasteiger charge is 2.24. The molecule has 0 saturated heterocycles. The van der Waals surface area contributed by atoms with E-state index in [4.69, 9.17) is 0 Å². The van der Waals surface area contributed by atoms with Gasteiger partial charge < -0.3 is 9.30 Å². The van der Waals surface area contributed by atoms with Crippen molar-refractivity contribution >= 4 is 11.6 Å². The van der Waals surface area contributed by atoms with E-state index < -0.39 is 0 Å². The second kappa shape index (κ2) is 5.27. The second-order valence-electron chi connectivity index (χ2n) is 5.80. The van der Waals surface area contributed by atoms with Gasteiger partial charge in [-0.05, 0) is 37.5 Å². The van der Waals surface area contributed by atoms with E-state index in [1.165, 1.54) is 19.3 Å². The summed E-state index contributed by atoms with van der Waals surface area (Å²) in [6.45, 7) is 2.03. The van der Waals surface area contributed by atoms with Crippen LogP contribution in [-0.2, 0) is 0 Å². The number of aromatic nitrogens is 2. The molecule has 3 rings (SSSR count). The van der Waals surface area contributed by atoms with E-state index in [0.29, 0.717) is 11.7 Å². The molecule has 1 fully saturated rings. The first-order valence-electron chi connectivity index (χ1n) is 7.37. The molecule has 0 bridgehead atoms. The van der Waals surface area contributed by atoms with Crippen LogP contribution < -0.4 is 0 Å². The maximum Gasteiger partial charge on any atom is 0.274 e. The topological polar surface area (TPSA) is 37.6 Å². The fourth-order valence-corrected chi connectivity index (χ4v) is 3.00. The molecule has 4 heteroatoms. The van der Waals surface area contributed by atoms with E-state index in [1.54, 1.807) is 0 Å². The SMILES string of the molecule is Cc1ccn2cc(C(=O)N(C)C3CCCCC3)nc2c1. The molecule has 4 nitrogen and oxygen atoms in total. The van der Waals surface area contributed by atoms with E-state index in [2.05, 4.69) is 4.98 Å². The van der Waals surface area contributed by atoms with E-state index in [0.717, 1.165) is 24.1 Å². The van der Waals surface area contributed by atoms with Gasteiger partial charge in [0.1, 0.15) is 11.3 Å². The lowest BCUT2D eigenvalue weighted by Gasteiger charge is -2.30. The first kappa shape index (κ1) is 13.2. The number of amides is 1. The number of hydrogen-bond acceptors (Lipinski definition) is 2. The summed E-state index contributed by atoms with van der Waals surface area (Å²) in [7, 11) is 1.91. The molecule has 20 heavy (non-hydrogen) atoms. The smallest absolute Gasteiger partial charge is 0.274 e. The second-order valence-corrected chi connectivity index (χ2v) is 5.80. The Morgan fingerprint density at radius 3 is 2.85 bits per heavy atom. The number of carbonyl (C=O) groups excluding carboxylic acids is 1. The lowest BCUT2D eigenvalue weighted by atomic mass is 9.94. The third kappa shape index (κ3) is 2.42. The highest BCUT2D eigenvalue weighted by Crippen LogP contribution is 2.22. The van der Waals surface area contributed by atoms with Gasteiger partial charge >= 0.3 is 0 Å². The summed E-state index contributed by atoms with van der Waals surface area (Å²) in [5.41, 5.74) is 2.54. The molecule has 2 aromatic rings. The number of aryl methyl sites for hydroxylation is 1. The maximum absolute atomic E-state index is 12.5. The van der Waals surface area contributed by atoms with Crippen molar-refractivity contribution in [2.75, 3.05) is 7.05 Å². The van der Waals surface area contributed by atoms with Crippen molar-refractivity contribution in [1.82, 2.24) is 14.3 Å². The molecule has 106 valence electrons. The Morgan fingerprint density at radius 2 is 2.10 bits per heavy atom. The number of fused-ring (bicyclic) bond motifs is 1. The lowest BCUT2D eigenvalue weighted by molar-refractivity contribution is 0.0691. The molecule has 1 aliphatic carbocycles. The molecule has 1 amide bonds. The minimum atomic E-state index is 0.0400. The summed E-state index contributed by atoms with van der Waals surface area (Å²) < 4.78 is 1.91. The Morgan fingerprint density at radius 1 is 1.35 bits per heavy atom. The van der Waals surface area contributed by atoms with Crippen molar-refractivity contribution in [2.24, 2.45) is 0 Å². The highest BCUT2D eigenvalue weighted by molar-refractivity contribution is 5.93. The largest absolute Gasteiger partial charge is 0.337 e. The first-order chi connectivity index (χ1) is 9.65. The van der Waals surface area contributed by atoms with Crippen LogP contribution in [0.4, 0.5) is 0 Å².